The first kappa shape index (κ1) is 16.3. The Morgan fingerprint density at radius 1 is 1.08 bits per heavy atom. The molecule has 132 valence electrons. The zero-order chi connectivity index (χ0) is 17.8. The lowest BCUT2D eigenvalue weighted by atomic mass is 10.2. The van der Waals surface area contributed by atoms with Crippen molar-refractivity contribution in [3.8, 4) is 0 Å². The molecular weight excluding hydrogens is 332 g/mol. The van der Waals surface area contributed by atoms with Gasteiger partial charge in [-0.15, -0.1) is 0 Å². The molecule has 4 heterocycles. The van der Waals surface area contributed by atoms with E-state index in [0.29, 0.717) is 26.2 Å². The van der Waals surface area contributed by atoms with Crippen LogP contribution in [0.2, 0.25) is 0 Å². The summed E-state index contributed by atoms with van der Waals surface area (Å²) in [5, 5.41) is 4.35. The van der Waals surface area contributed by atoms with E-state index in [1.165, 1.54) is 0 Å². The minimum Gasteiger partial charge on any atom is -0.370 e. The predicted octanol–water partition coefficient (Wildman–Crippen LogP) is 1.31. The van der Waals surface area contributed by atoms with Crippen molar-refractivity contribution in [3.05, 3.63) is 72.3 Å². The highest BCUT2D eigenvalue weighted by Gasteiger charge is 2.27. The zero-order valence-electron chi connectivity index (χ0n) is 14.1. The molecule has 1 aliphatic rings. The van der Waals surface area contributed by atoms with E-state index in [1.807, 2.05) is 22.9 Å². The van der Waals surface area contributed by atoms with Crippen LogP contribution in [0.4, 0.5) is 0 Å². The average Bonchev–Trinajstić information content (AvgIpc) is 3.05. The Morgan fingerprint density at radius 2 is 1.88 bits per heavy atom. The lowest BCUT2D eigenvalue weighted by Crippen LogP contribution is -2.38. The Balaban J connectivity index is 1.53. The minimum absolute atomic E-state index is 0.183. The van der Waals surface area contributed by atoms with Gasteiger partial charge in [-0.2, -0.15) is 5.10 Å². The molecule has 0 aromatic carbocycles. The minimum atomic E-state index is -0.210. The highest BCUT2D eigenvalue weighted by molar-refractivity contribution is 5.90. The van der Waals surface area contributed by atoms with E-state index in [-0.39, 0.29) is 17.8 Å². The smallest absolute Gasteiger partial charge is 0.292 e. The van der Waals surface area contributed by atoms with Crippen LogP contribution in [0.3, 0.4) is 0 Å². The fourth-order valence-electron chi connectivity index (χ4n) is 2.92. The Labute approximate surface area is 150 Å². The van der Waals surface area contributed by atoms with Crippen LogP contribution in [0.25, 0.3) is 0 Å². The third-order valence-electron chi connectivity index (χ3n) is 4.24. The van der Waals surface area contributed by atoms with Gasteiger partial charge in [-0.05, 0) is 29.8 Å². The number of rotatable bonds is 4. The summed E-state index contributed by atoms with van der Waals surface area (Å²) in [4.78, 5) is 26.7. The summed E-state index contributed by atoms with van der Waals surface area (Å²) in [5.74, 6) is -0.0221. The molecule has 0 N–H and O–H groups in total. The van der Waals surface area contributed by atoms with Gasteiger partial charge in [-0.3, -0.25) is 14.5 Å². The molecule has 26 heavy (non-hydrogen) atoms. The summed E-state index contributed by atoms with van der Waals surface area (Å²) in [7, 11) is 0. The molecule has 0 saturated carbocycles. The fraction of sp³-hybridized carbons (Fsp3) is 0.278. The van der Waals surface area contributed by atoms with Crippen molar-refractivity contribution in [2.45, 2.75) is 25.8 Å². The molecule has 8 nitrogen and oxygen atoms in total. The van der Waals surface area contributed by atoms with Crippen LogP contribution in [0.5, 0.6) is 0 Å². The second kappa shape index (κ2) is 7.40. The maximum atomic E-state index is 12.8. The summed E-state index contributed by atoms with van der Waals surface area (Å²) in [6.45, 7) is 1.94. The second-order valence-corrected chi connectivity index (χ2v) is 6.05. The van der Waals surface area contributed by atoms with Crippen LogP contribution in [0.1, 0.15) is 21.9 Å². The quantitative estimate of drug-likeness (QED) is 0.705. The van der Waals surface area contributed by atoms with Crippen molar-refractivity contribution >= 4 is 5.91 Å². The number of pyridine rings is 1. The summed E-state index contributed by atoms with van der Waals surface area (Å²) in [6, 6.07) is 7.43. The van der Waals surface area contributed by atoms with Gasteiger partial charge >= 0.3 is 0 Å². The number of hydrogen-bond donors (Lipinski definition) is 0. The van der Waals surface area contributed by atoms with Gasteiger partial charge in [0, 0.05) is 37.5 Å². The van der Waals surface area contributed by atoms with Crippen LogP contribution in [0.15, 0.2) is 55.2 Å². The van der Waals surface area contributed by atoms with Gasteiger partial charge in [-0.1, -0.05) is 0 Å². The molecular formula is C18H18N6O2. The lowest BCUT2D eigenvalue weighted by Gasteiger charge is -2.23. The Kier molecular flexibility index (Phi) is 4.65. The largest absolute Gasteiger partial charge is 0.370 e. The van der Waals surface area contributed by atoms with E-state index < -0.39 is 0 Å². The first-order valence-electron chi connectivity index (χ1n) is 8.37. The highest BCUT2D eigenvalue weighted by Crippen LogP contribution is 2.16. The summed E-state index contributed by atoms with van der Waals surface area (Å²) in [5.41, 5.74) is 2.00. The zero-order valence-corrected chi connectivity index (χ0v) is 14.1. The number of nitrogens with zero attached hydrogens (tertiary/aromatic N) is 6. The molecule has 0 saturated heterocycles. The van der Waals surface area contributed by atoms with Gasteiger partial charge in [0.25, 0.3) is 5.91 Å². The van der Waals surface area contributed by atoms with E-state index in [4.69, 9.17) is 4.74 Å². The van der Waals surface area contributed by atoms with Crippen molar-refractivity contribution in [3.63, 3.8) is 0 Å². The molecule has 0 spiro atoms. The van der Waals surface area contributed by atoms with Gasteiger partial charge < -0.3 is 9.64 Å². The van der Waals surface area contributed by atoms with Gasteiger partial charge in [0.05, 0.1) is 31.5 Å². The van der Waals surface area contributed by atoms with E-state index >= 15 is 0 Å². The normalized spacial score (nSPS) is 16.8. The molecule has 1 amide bonds. The van der Waals surface area contributed by atoms with E-state index in [2.05, 4.69) is 20.1 Å². The number of amides is 1. The first-order chi connectivity index (χ1) is 12.8. The van der Waals surface area contributed by atoms with Gasteiger partial charge in [0.2, 0.25) is 5.82 Å². The summed E-state index contributed by atoms with van der Waals surface area (Å²) in [6.07, 6.45) is 8.17. The van der Waals surface area contributed by atoms with Crippen molar-refractivity contribution in [2.24, 2.45) is 0 Å². The number of aromatic nitrogens is 5. The number of carbonyl (C=O) groups excluding carboxylic acids is 1. The molecule has 1 atom stereocenters. The van der Waals surface area contributed by atoms with Gasteiger partial charge in [-0.25, -0.2) is 9.97 Å². The van der Waals surface area contributed by atoms with Crippen LogP contribution < -0.4 is 0 Å². The van der Waals surface area contributed by atoms with Crippen molar-refractivity contribution < 1.29 is 9.53 Å². The number of carbonyl (C=O) groups is 1. The summed E-state index contributed by atoms with van der Waals surface area (Å²) >= 11 is 0. The van der Waals surface area contributed by atoms with E-state index in [0.717, 1.165) is 11.3 Å². The van der Waals surface area contributed by atoms with Gasteiger partial charge in [0.15, 0.2) is 0 Å². The summed E-state index contributed by atoms with van der Waals surface area (Å²) < 4.78 is 7.95. The molecule has 0 radical (unpaired) electrons. The molecule has 1 aliphatic heterocycles. The standard InChI is InChI=1S/C18H18N6O2/c25-18(17-20-5-1-6-21-17)23-10-15-4-9-22-24(15)12-16(11-23)26-13-14-2-7-19-8-3-14/h1-9,16H,10-13H2/t16-/m1/s1. The molecule has 3 aromatic rings. The lowest BCUT2D eigenvalue weighted by molar-refractivity contribution is 0.00884. The fourth-order valence-corrected chi connectivity index (χ4v) is 2.92. The monoisotopic (exact) mass is 350 g/mol. The Hall–Kier alpha value is -3.13. The predicted molar refractivity (Wildman–Crippen MR) is 91.8 cm³/mol. The van der Waals surface area contributed by atoms with Crippen LogP contribution in [-0.4, -0.2) is 48.2 Å². The third kappa shape index (κ3) is 3.60. The van der Waals surface area contributed by atoms with E-state index in [1.54, 1.807) is 42.0 Å². The molecule has 0 fully saturated rings. The van der Waals surface area contributed by atoms with E-state index in [9.17, 15) is 4.79 Å². The first-order valence-corrected chi connectivity index (χ1v) is 8.37. The number of fused-ring (bicyclic) bond motifs is 1. The molecule has 0 unspecified atom stereocenters. The van der Waals surface area contributed by atoms with Crippen molar-refractivity contribution in [1.29, 1.82) is 0 Å². The molecule has 3 aromatic heterocycles. The molecule has 4 rings (SSSR count). The van der Waals surface area contributed by atoms with Crippen molar-refractivity contribution in [1.82, 2.24) is 29.6 Å². The third-order valence-corrected chi connectivity index (χ3v) is 4.24. The van der Waals surface area contributed by atoms with Crippen LogP contribution in [-0.2, 0) is 24.4 Å². The van der Waals surface area contributed by atoms with Crippen LogP contribution in [0, 0.1) is 0 Å². The molecule has 8 heteroatoms. The van der Waals surface area contributed by atoms with Crippen LogP contribution >= 0.6 is 0 Å². The number of ether oxygens (including phenoxy) is 1. The maximum absolute atomic E-state index is 12.8. The molecule has 0 bridgehead atoms. The van der Waals surface area contributed by atoms with Gasteiger partial charge in [0.1, 0.15) is 0 Å². The molecule has 0 aliphatic carbocycles. The van der Waals surface area contributed by atoms with Crippen molar-refractivity contribution in [2.75, 3.05) is 6.54 Å². The highest BCUT2D eigenvalue weighted by atomic mass is 16.5. The number of hydrogen-bond acceptors (Lipinski definition) is 6. The second-order valence-electron chi connectivity index (χ2n) is 6.05. The maximum Gasteiger partial charge on any atom is 0.292 e. The topological polar surface area (TPSA) is 86.0 Å². The average molecular weight is 350 g/mol. The SMILES string of the molecule is O=C(c1ncccn1)N1Cc2ccnn2C[C@H](OCc2ccncc2)C1. The Morgan fingerprint density at radius 3 is 2.69 bits per heavy atom. The Bertz CT molecular complexity index is 868.